The lowest BCUT2D eigenvalue weighted by Gasteiger charge is -2.29. The number of ether oxygens (including phenoxy) is 1. The van der Waals surface area contributed by atoms with Crippen LogP contribution in [0.1, 0.15) is 57.8 Å². The second-order valence-corrected chi connectivity index (χ2v) is 9.38. The Hall–Kier alpha value is -0.820. The van der Waals surface area contributed by atoms with Crippen LogP contribution in [0.3, 0.4) is 0 Å². The van der Waals surface area contributed by atoms with Crippen LogP contribution in [0.25, 0.3) is 0 Å². The third-order valence-corrected chi connectivity index (χ3v) is 7.10. The van der Waals surface area contributed by atoms with E-state index in [4.69, 9.17) is 27.9 Å². The van der Waals surface area contributed by atoms with Gasteiger partial charge in [-0.1, -0.05) is 12.8 Å². The highest BCUT2D eigenvalue weighted by molar-refractivity contribution is 6.30. The van der Waals surface area contributed by atoms with Gasteiger partial charge in [0.05, 0.1) is 16.9 Å². The van der Waals surface area contributed by atoms with Gasteiger partial charge in [0.15, 0.2) is 0 Å². The minimum Gasteiger partial charge on any atom is -0.380 e. The first-order valence-electron chi connectivity index (χ1n) is 11.0. The van der Waals surface area contributed by atoms with Gasteiger partial charge < -0.3 is 20.7 Å². The number of halogens is 2. The fraction of sp³-hybridized carbons (Fsp3) is 0.810. The van der Waals surface area contributed by atoms with Crippen molar-refractivity contribution in [3.05, 3.63) is 20.4 Å². The first-order valence-corrected chi connectivity index (χ1v) is 11.9. The summed E-state index contributed by atoms with van der Waals surface area (Å²) >= 11 is 12.3. The zero-order valence-corrected chi connectivity index (χ0v) is 18.5. The monoisotopic (exact) mass is 445 g/mol. The molecule has 1 saturated heterocycles. The summed E-state index contributed by atoms with van der Waals surface area (Å²) in [6.45, 7) is 3.36. The zero-order chi connectivity index (χ0) is 20.6. The van der Waals surface area contributed by atoms with Crippen LogP contribution in [0.15, 0.2) is 9.59 Å². The van der Waals surface area contributed by atoms with Gasteiger partial charge in [0.1, 0.15) is 11.4 Å². The second-order valence-electron chi connectivity index (χ2n) is 8.26. The molecule has 1 aromatic carbocycles. The molecule has 3 unspecified atom stereocenters. The highest BCUT2D eigenvalue weighted by Gasteiger charge is 2.28. The number of piperidine rings is 1. The number of rotatable bonds is 11. The molecule has 164 valence electrons. The lowest BCUT2D eigenvalue weighted by Crippen LogP contribution is -2.42. The van der Waals surface area contributed by atoms with Gasteiger partial charge in [-0.25, -0.2) is 0 Å². The van der Waals surface area contributed by atoms with Crippen molar-refractivity contribution >= 4 is 34.6 Å². The summed E-state index contributed by atoms with van der Waals surface area (Å²) in [4.78, 5) is 23.7. The number of nitrogens with one attached hydrogen (secondary N) is 3. The minimum absolute atomic E-state index is 0.0195. The van der Waals surface area contributed by atoms with Crippen molar-refractivity contribution in [2.24, 2.45) is 0 Å². The quantitative estimate of drug-likeness (QED) is 0.275. The fourth-order valence-electron chi connectivity index (χ4n) is 4.11. The van der Waals surface area contributed by atoms with Crippen molar-refractivity contribution in [1.82, 2.24) is 5.32 Å². The van der Waals surface area contributed by atoms with Gasteiger partial charge in [-0.3, -0.25) is 9.59 Å². The van der Waals surface area contributed by atoms with E-state index in [9.17, 15) is 9.59 Å². The number of anilines is 2. The summed E-state index contributed by atoms with van der Waals surface area (Å²) in [5.41, 5.74) is 0.187. The van der Waals surface area contributed by atoms with Crippen molar-refractivity contribution < 1.29 is 4.74 Å². The molecule has 1 aromatic rings. The molecule has 1 saturated carbocycles. The largest absolute Gasteiger partial charge is 0.380 e. The van der Waals surface area contributed by atoms with Gasteiger partial charge in [0, 0.05) is 19.2 Å². The van der Waals surface area contributed by atoms with Crippen LogP contribution >= 0.6 is 23.2 Å². The molecule has 3 rings (SSSR count). The zero-order valence-electron chi connectivity index (χ0n) is 17.0. The normalized spacial score (nSPS) is 25.9. The van der Waals surface area contributed by atoms with E-state index >= 15 is 0 Å². The molecule has 0 amide bonds. The molecule has 6 nitrogen and oxygen atoms in total. The van der Waals surface area contributed by atoms with Crippen molar-refractivity contribution in [3.8, 4) is 0 Å². The Bertz CT molecular complexity index is 702. The average molecular weight is 446 g/mol. The summed E-state index contributed by atoms with van der Waals surface area (Å²) in [7, 11) is 0. The molecule has 29 heavy (non-hydrogen) atoms. The van der Waals surface area contributed by atoms with E-state index in [1.165, 1.54) is 0 Å². The lowest BCUT2D eigenvalue weighted by molar-refractivity contribution is 0.0280. The molecule has 0 radical (unpaired) electrons. The van der Waals surface area contributed by atoms with Crippen LogP contribution < -0.4 is 26.8 Å². The molecule has 0 bridgehead atoms. The number of alkyl halides is 2. The maximum Gasteiger partial charge on any atom is 0.253 e. The Labute approximate surface area is 182 Å². The third-order valence-electron chi connectivity index (χ3n) is 5.97. The van der Waals surface area contributed by atoms with Gasteiger partial charge in [0.2, 0.25) is 0 Å². The molecular weight excluding hydrogens is 413 g/mol. The molecule has 0 aromatic heterocycles. The topological polar surface area (TPSA) is 79.5 Å². The summed E-state index contributed by atoms with van der Waals surface area (Å²) in [6, 6.07) is 0.272. The van der Waals surface area contributed by atoms with Gasteiger partial charge in [0.25, 0.3) is 10.9 Å². The van der Waals surface area contributed by atoms with Crippen LogP contribution in [0.4, 0.5) is 11.4 Å². The van der Waals surface area contributed by atoms with E-state index in [2.05, 4.69) is 16.0 Å². The number of unbranched alkanes of at least 4 members (excludes halogenated alkanes) is 3. The van der Waals surface area contributed by atoms with Gasteiger partial charge in [-0.05, 0) is 58.0 Å². The van der Waals surface area contributed by atoms with Crippen LogP contribution in [-0.4, -0.2) is 49.1 Å². The van der Waals surface area contributed by atoms with E-state index in [1.807, 2.05) is 0 Å². The van der Waals surface area contributed by atoms with E-state index in [0.717, 1.165) is 77.5 Å². The molecular formula is C21H33Cl2N3O3. The molecule has 2 fully saturated rings. The summed E-state index contributed by atoms with van der Waals surface area (Å²) in [5.74, 6) is 0. The van der Waals surface area contributed by atoms with E-state index in [0.29, 0.717) is 17.9 Å². The number of hydrogen-bond acceptors (Lipinski definition) is 6. The Balaban J connectivity index is 1.25. The smallest absolute Gasteiger partial charge is 0.253 e. The third kappa shape index (κ3) is 6.58. The highest BCUT2D eigenvalue weighted by atomic mass is 35.5. The SMILES string of the molecule is O=c1c(NCCCCCCOC2CCC(Cl)C(Cl)C2)c(NC2CCNCC2)c1=O. The second kappa shape index (κ2) is 11.5. The highest BCUT2D eigenvalue weighted by Crippen LogP contribution is 2.29. The molecule has 3 N–H and O–H groups in total. The standard InChI is InChI=1S/C21H33Cl2N3O3/c22-16-6-5-15(13-17(16)23)29-12-4-2-1-3-9-25-18-19(21(28)20(18)27)26-14-7-10-24-11-8-14/h14-17,24-26H,1-13H2. The Kier molecular flexibility index (Phi) is 9.09. The first kappa shape index (κ1) is 22.9. The van der Waals surface area contributed by atoms with Crippen LogP contribution in [0.2, 0.25) is 0 Å². The molecule has 3 atom stereocenters. The fourth-order valence-corrected chi connectivity index (χ4v) is 4.66. The van der Waals surface area contributed by atoms with Crippen molar-refractivity contribution in [2.45, 2.75) is 80.7 Å². The minimum atomic E-state index is -0.390. The van der Waals surface area contributed by atoms with Crippen molar-refractivity contribution in [3.63, 3.8) is 0 Å². The molecule has 1 heterocycles. The van der Waals surface area contributed by atoms with E-state index in [1.54, 1.807) is 0 Å². The Morgan fingerprint density at radius 2 is 1.62 bits per heavy atom. The van der Waals surface area contributed by atoms with Crippen molar-refractivity contribution in [2.75, 3.05) is 36.9 Å². The maximum atomic E-state index is 11.9. The van der Waals surface area contributed by atoms with Crippen LogP contribution in [0, 0.1) is 0 Å². The average Bonchev–Trinajstić information content (AvgIpc) is 2.74. The van der Waals surface area contributed by atoms with Gasteiger partial charge in [-0.2, -0.15) is 0 Å². The lowest BCUT2D eigenvalue weighted by atomic mass is 9.96. The predicted octanol–water partition coefficient (Wildman–Crippen LogP) is 3.20. The Morgan fingerprint density at radius 3 is 2.38 bits per heavy atom. The maximum absolute atomic E-state index is 11.9. The summed E-state index contributed by atoms with van der Waals surface area (Å²) < 4.78 is 5.92. The van der Waals surface area contributed by atoms with E-state index < -0.39 is 0 Å². The summed E-state index contributed by atoms with van der Waals surface area (Å²) in [5, 5.41) is 9.82. The molecule has 1 aliphatic heterocycles. The first-order chi connectivity index (χ1) is 14.1. The molecule has 8 heteroatoms. The van der Waals surface area contributed by atoms with Gasteiger partial charge >= 0.3 is 0 Å². The summed E-state index contributed by atoms with van der Waals surface area (Å²) in [6.07, 6.45) is 9.10. The molecule has 2 aliphatic rings. The van der Waals surface area contributed by atoms with E-state index in [-0.39, 0.29) is 33.8 Å². The van der Waals surface area contributed by atoms with Crippen LogP contribution in [0.5, 0.6) is 0 Å². The number of hydrogen-bond donors (Lipinski definition) is 3. The predicted molar refractivity (Wildman–Crippen MR) is 121 cm³/mol. The molecule has 1 aliphatic carbocycles. The Morgan fingerprint density at radius 1 is 0.897 bits per heavy atom. The molecule has 0 spiro atoms. The van der Waals surface area contributed by atoms with Crippen LogP contribution in [-0.2, 0) is 4.74 Å². The van der Waals surface area contributed by atoms with Crippen molar-refractivity contribution in [1.29, 1.82) is 0 Å². The van der Waals surface area contributed by atoms with Gasteiger partial charge in [-0.15, -0.1) is 23.2 Å².